The minimum Gasteiger partial charge on any atom is -0.497 e. The number of hydrogen-bond donors (Lipinski definition) is 0. The van der Waals surface area contributed by atoms with E-state index in [9.17, 15) is 15.4 Å². The first-order valence-electron chi connectivity index (χ1n) is 12.2. The maximum absolute atomic E-state index is 11.2. The summed E-state index contributed by atoms with van der Waals surface area (Å²) in [5.41, 5.74) is 3.76. The average Bonchev–Trinajstić information content (AvgIpc) is 3.61. The largest absolute Gasteiger partial charge is 0.497 e. The molecular formula is C31H23N3O6. The Hall–Kier alpha value is -5.62. The molecule has 0 saturated heterocycles. The van der Waals surface area contributed by atoms with Gasteiger partial charge in [0.15, 0.2) is 0 Å². The van der Waals surface area contributed by atoms with Gasteiger partial charge in [0.1, 0.15) is 40.4 Å². The van der Waals surface area contributed by atoms with Crippen molar-refractivity contribution in [1.82, 2.24) is 0 Å². The number of nitro benzene ring substituents is 1. The van der Waals surface area contributed by atoms with Gasteiger partial charge in [-0.1, -0.05) is 18.2 Å². The van der Waals surface area contributed by atoms with Crippen molar-refractivity contribution in [1.29, 1.82) is 5.26 Å². The smallest absolute Gasteiger partial charge is 0.270 e. The van der Waals surface area contributed by atoms with Gasteiger partial charge in [0.05, 0.1) is 25.4 Å². The molecule has 198 valence electrons. The van der Waals surface area contributed by atoms with Crippen molar-refractivity contribution in [3.63, 3.8) is 0 Å². The summed E-state index contributed by atoms with van der Waals surface area (Å²) in [7, 11) is 3.18. The molecule has 0 amide bonds. The summed E-state index contributed by atoms with van der Waals surface area (Å²) in [6.07, 6.45) is 1.45. The van der Waals surface area contributed by atoms with Crippen LogP contribution in [0.25, 0.3) is 33.8 Å². The number of aryl methyl sites for hydroxylation is 1. The van der Waals surface area contributed by atoms with Gasteiger partial charge in [-0.25, -0.2) is 4.99 Å². The lowest BCUT2D eigenvalue weighted by Gasteiger charge is -2.06. The van der Waals surface area contributed by atoms with Crippen LogP contribution in [0.4, 0.5) is 11.6 Å². The highest BCUT2D eigenvalue weighted by Crippen LogP contribution is 2.43. The van der Waals surface area contributed by atoms with E-state index in [1.165, 1.54) is 18.3 Å². The third kappa shape index (κ3) is 5.06. The number of aliphatic imine (C=N–C) groups is 1. The van der Waals surface area contributed by atoms with Crippen LogP contribution >= 0.6 is 0 Å². The Balaban J connectivity index is 1.56. The number of hydrogen-bond acceptors (Lipinski definition) is 8. The number of rotatable bonds is 8. The van der Waals surface area contributed by atoms with Crippen molar-refractivity contribution in [3.05, 3.63) is 106 Å². The van der Waals surface area contributed by atoms with Gasteiger partial charge in [0.25, 0.3) is 5.69 Å². The molecule has 9 nitrogen and oxygen atoms in total. The van der Waals surface area contributed by atoms with Crippen LogP contribution in [-0.2, 0) is 0 Å². The molecule has 0 aliphatic rings. The van der Waals surface area contributed by atoms with Crippen LogP contribution in [0, 0.1) is 28.4 Å². The Bertz CT molecular complexity index is 1760. The first-order valence-corrected chi connectivity index (χ1v) is 12.2. The molecule has 9 heteroatoms. The predicted molar refractivity (Wildman–Crippen MR) is 150 cm³/mol. The normalized spacial score (nSPS) is 10.9. The fourth-order valence-corrected chi connectivity index (χ4v) is 4.27. The topological polar surface area (TPSA) is 124 Å². The maximum atomic E-state index is 11.2. The van der Waals surface area contributed by atoms with Crippen LogP contribution in [-0.4, -0.2) is 25.4 Å². The number of furan rings is 2. The molecule has 5 aromatic rings. The average molecular weight is 534 g/mol. The second-order valence-electron chi connectivity index (χ2n) is 8.77. The SMILES string of the molecule is COc1ccc(-c2oc(N=Cc3ccc(-c4cc([N+](=O)[O-])ccc4C)o3)c(C#N)c2-c2ccc(OC)cc2)cc1. The summed E-state index contributed by atoms with van der Waals surface area (Å²) in [5.74, 6) is 2.81. The van der Waals surface area contributed by atoms with Gasteiger partial charge in [-0.2, -0.15) is 5.26 Å². The number of benzene rings is 3. The number of nitro groups is 1. The highest BCUT2D eigenvalue weighted by molar-refractivity contribution is 5.89. The lowest BCUT2D eigenvalue weighted by Crippen LogP contribution is -1.90. The molecule has 0 atom stereocenters. The van der Waals surface area contributed by atoms with Crippen molar-refractivity contribution in [2.45, 2.75) is 6.92 Å². The monoisotopic (exact) mass is 533 g/mol. The van der Waals surface area contributed by atoms with E-state index in [4.69, 9.17) is 18.3 Å². The molecule has 0 saturated carbocycles. The molecule has 0 N–H and O–H groups in total. The van der Waals surface area contributed by atoms with E-state index in [1.54, 1.807) is 32.4 Å². The third-order valence-corrected chi connectivity index (χ3v) is 6.37. The summed E-state index contributed by atoms with van der Waals surface area (Å²) in [6.45, 7) is 1.85. The summed E-state index contributed by atoms with van der Waals surface area (Å²) in [4.78, 5) is 15.2. The Morgan fingerprint density at radius 3 is 2.15 bits per heavy atom. The molecule has 0 fully saturated rings. The molecule has 2 aromatic heterocycles. The molecule has 2 heterocycles. The van der Waals surface area contributed by atoms with E-state index >= 15 is 0 Å². The zero-order valence-corrected chi connectivity index (χ0v) is 21.9. The molecule has 40 heavy (non-hydrogen) atoms. The molecule has 0 radical (unpaired) electrons. The molecule has 0 spiro atoms. The van der Waals surface area contributed by atoms with Crippen molar-refractivity contribution >= 4 is 17.8 Å². The van der Waals surface area contributed by atoms with E-state index in [0.717, 1.165) is 16.7 Å². The number of ether oxygens (including phenoxy) is 2. The molecule has 0 aliphatic carbocycles. The van der Waals surface area contributed by atoms with E-state index in [2.05, 4.69) is 11.1 Å². The zero-order chi connectivity index (χ0) is 28.2. The first kappa shape index (κ1) is 26.0. The summed E-state index contributed by atoms with van der Waals surface area (Å²) < 4.78 is 22.6. The van der Waals surface area contributed by atoms with E-state index in [1.807, 2.05) is 55.5 Å². The molecular weight excluding hydrogens is 510 g/mol. The van der Waals surface area contributed by atoms with Gasteiger partial charge in [-0.3, -0.25) is 10.1 Å². The van der Waals surface area contributed by atoms with Crippen LogP contribution in [0.2, 0.25) is 0 Å². The maximum Gasteiger partial charge on any atom is 0.270 e. The Morgan fingerprint density at radius 1 is 0.900 bits per heavy atom. The molecule has 0 unspecified atom stereocenters. The second-order valence-corrected chi connectivity index (χ2v) is 8.77. The standard InChI is InChI=1S/C31H23N3O6/c1-19-4-9-22(34(35)36)16-26(19)28-15-14-25(39-28)18-33-31-27(17-32)29(20-5-10-23(37-2)11-6-20)30(40-31)21-7-12-24(38-3)13-8-21/h4-16,18H,1-3H3. The number of methoxy groups -OCH3 is 2. The van der Waals surface area contributed by atoms with Crippen LogP contribution in [0.15, 0.2) is 92.7 Å². The van der Waals surface area contributed by atoms with Crippen LogP contribution < -0.4 is 9.47 Å². The lowest BCUT2D eigenvalue weighted by molar-refractivity contribution is -0.384. The van der Waals surface area contributed by atoms with E-state index < -0.39 is 4.92 Å². The van der Waals surface area contributed by atoms with Gasteiger partial charge in [-0.15, -0.1) is 0 Å². The van der Waals surface area contributed by atoms with E-state index in [0.29, 0.717) is 39.9 Å². The van der Waals surface area contributed by atoms with Crippen molar-refractivity contribution < 1.29 is 23.2 Å². The van der Waals surface area contributed by atoms with Crippen LogP contribution in [0.1, 0.15) is 16.9 Å². The van der Waals surface area contributed by atoms with Gasteiger partial charge in [0.2, 0.25) is 5.88 Å². The first-order chi connectivity index (χ1) is 19.4. The Labute approximate surface area is 229 Å². The molecule has 3 aromatic carbocycles. The summed E-state index contributed by atoms with van der Waals surface area (Å²) in [6, 6.07) is 24.9. The zero-order valence-electron chi connectivity index (χ0n) is 21.9. The molecule has 5 rings (SSSR count). The van der Waals surface area contributed by atoms with Gasteiger partial charge < -0.3 is 18.3 Å². The van der Waals surface area contributed by atoms with Crippen LogP contribution in [0.3, 0.4) is 0 Å². The number of non-ortho nitro benzene ring substituents is 1. The van der Waals surface area contributed by atoms with Crippen molar-refractivity contribution in [2.75, 3.05) is 14.2 Å². The molecule has 0 bridgehead atoms. The highest BCUT2D eigenvalue weighted by Gasteiger charge is 2.23. The highest BCUT2D eigenvalue weighted by atomic mass is 16.6. The molecule has 0 aliphatic heterocycles. The van der Waals surface area contributed by atoms with Crippen molar-refractivity contribution in [3.8, 4) is 51.3 Å². The predicted octanol–water partition coefficient (Wildman–Crippen LogP) is 7.73. The number of nitrogens with zero attached hydrogens (tertiary/aromatic N) is 3. The fourth-order valence-electron chi connectivity index (χ4n) is 4.27. The number of nitriles is 1. The minimum absolute atomic E-state index is 0.0291. The van der Waals surface area contributed by atoms with E-state index in [-0.39, 0.29) is 17.1 Å². The third-order valence-electron chi connectivity index (χ3n) is 6.37. The van der Waals surface area contributed by atoms with Crippen LogP contribution in [0.5, 0.6) is 11.5 Å². The summed E-state index contributed by atoms with van der Waals surface area (Å²) >= 11 is 0. The minimum atomic E-state index is -0.449. The van der Waals surface area contributed by atoms with Crippen molar-refractivity contribution in [2.24, 2.45) is 4.99 Å². The summed E-state index contributed by atoms with van der Waals surface area (Å²) in [5, 5.41) is 21.4. The lowest BCUT2D eigenvalue weighted by atomic mass is 9.98. The second kappa shape index (κ2) is 11.0. The Kier molecular flexibility index (Phi) is 7.16. The quantitative estimate of drug-likeness (QED) is 0.113. The van der Waals surface area contributed by atoms with Gasteiger partial charge in [-0.05, 0) is 66.6 Å². The fraction of sp³-hybridized carbons (Fsp3) is 0.0968. The van der Waals surface area contributed by atoms with Gasteiger partial charge in [0, 0.05) is 28.8 Å². The van der Waals surface area contributed by atoms with Gasteiger partial charge >= 0.3 is 0 Å². The Morgan fingerprint density at radius 2 is 1.55 bits per heavy atom.